The lowest BCUT2D eigenvalue weighted by Crippen LogP contribution is -1.87. The van der Waals surface area contributed by atoms with E-state index in [-0.39, 0.29) is 0 Å². The summed E-state index contributed by atoms with van der Waals surface area (Å²) in [6, 6.07) is 24.0. The summed E-state index contributed by atoms with van der Waals surface area (Å²) in [4.78, 5) is 0. The van der Waals surface area contributed by atoms with E-state index in [9.17, 15) is 0 Å². The molecule has 0 saturated heterocycles. The van der Waals surface area contributed by atoms with Crippen molar-refractivity contribution in [2.24, 2.45) is 0 Å². The van der Waals surface area contributed by atoms with Crippen LogP contribution < -0.4 is 0 Å². The molecule has 0 spiro atoms. The van der Waals surface area contributed by atoms with Crippen molar-refractivity contribution in [1.82, 2.24) is 0 Å². The van der Waals surface area contributed by atoms with Crippen molar-refractivity contribution in [1.29, 1.82) is 0 Å². The minimum atomic E-state index is 1.28. The maximum Gasteiger partial charge on any atom is -0.0149 e. The van der Waals surface area contributed by atoms with Crippen LogP contribution in [0.4, 0.5) is 0 Å². The predicted octanol–water partition coefficient (Wildman–Crippen LogP) is 5.95. The smallest absolute Gasteiger partial charge is 0.0149 e. The van der Waals surface area contributed by atoms with Gasteiger partial charge in [0.05, 0.1) is 0 Å². The largest absolute Gasteiger partial charge is 0.0622 e. The summed E-state index contributed by atoms with van der Waals surface area (Å²) in [5.74, 6) is 0. The first-order valence-electron chi connectivity index (χ1n) is 7.39. The van der Waals surface area contributed by atoms with E-state index < -0.39 is 0 Å². The zero-order chi connectivity index (χ0) is 14.8. The van der Waals surface area contributed by atoms with Gasteiger partial charge in [-0.2, -0.15) is 0 Å². The molecule has 3 aromatic carbocycles. The second-order valence-corrected chi connectivity index (χ2v) is 5.69. The SMILES string of the molecule is Cc1ccc(-c2ccc(C)c(-c3ccccc3)c2)cc1C. The number of aryl methyl sites for hydroxylation is 3. The molecule has 0 aliphatic rings. The summed E-state index contributed by atoms with van der Waals surface area (Å²) in [6.45, 7) is 6.50. The Morgan fingerprint density at radius 3 is 1.76 bits per heavy atom. The van der Waals surface area contributed by atoms with E-state index in [0.29, 0.717) is 0 Å². The van der Waals surface area contributed by atoms with E-state index in [2.05, 4.69) is 87.5 Å². The average molecular weight is 272 g/mol. The zero-order valence-corrected chi connectivity index (χ0v) is 12.9. The Bertz CT molecular complexity index is 767. The van der Waals surface area contributed by atoms with Crippen LogP contribution in [0.1, 0.15) is 16.7 Å². The molecule has 0 radical (unpaired) electrons. The van der Waals surface area contributed by atoms with Crippen molar-refractivity contribution >= 4 is 0 Å². The van der Waals surface area contributed by atoms with Crippen molar-refractivity contribution in [2.45, 2.75) is 20.8 Å². The predicted molar refractivity (Wildman–Crippen MR) is 91.5 cm³/mol. The number of benzene rings is 3. The maximum absolute atomic E-state index is 2.30. The molecule has 0 heterocycles. The van der Waals surface area contributed by atoms with E-state index in [4.69, 9.17) is 0 Å². The molecule has 0 atom stereocenters. The van der Waals surface area contributed by atoms with E-state index in [1.165, 1.54) is 38.9 Å². The van der Waals surface area contributed by atoms with Crippen molar-refractivity contribution in [2.75, 3.05) is 0 Å². The molecule has 21 heavy (non-hydrogen) atoms. The topological polar surface area (TPSA) is 0 Å². The molecule has 3 aromatic rings. The highest BCUT2D eigenvalue weighted by Crippen LogP contribution is 2.30. The first-order chi connectivity index (χ1) is 10.1. The Labute approximate surface area is 127 Å². The molecule has 0 nitrogen and oxygen atoms in total. The fourth-order valence-corrected chi connectivity index (χ4v) is 2.65. The molecule has 0 amide bonds. The van der Waals surface area contributed by atoms with Crippen LogP contribution in [0.25, 0.3) is 22.3 Å². The van der Waals surface area contributed by atoms with Gasteiger partial charge in [-0.3, -0.25) is 0 Å². The summed E-state index contributed by atoms with van der Waals surface area (Å²) >= 11 is 0. The summed E-state index contributed by atoms with van der Waals surface area (Å²) in [5, 5.41) is 0. The number of rotatable bonds is 2. The fraction of sp³-hybridized carbons (Fsp3) is 0.143. The van der Waals surface area contributed by atoms with Crippen molar-refractivity contribution in [3.63, 3.8) is 0 Å². The van der Waals surface area contributed by atoms with Crippen LogP contribution in [0.15, 0.2) is 66.7 Å². The third-order valence-electron chi connectivity index (χ3n) is 4.16. The molecule has 0 bridgehead atoms. The molecule has 0 aromatic heterocycles. The molecule has 0 aliphatic carbocycles. The van der Waals surface area contributed by atoms with Gasteiger partial charge in [0, 0.05) is 0 Å². The molecular weight excluding hydrogens is 252 g/mol. The van der Waals surface area contributed by atoms with Gasteiger partial charge < -0.3 is 0 Å². The summed E-state index contributed by atoms with van der Waals surface area (Å²) in [6.07, 6.45) is 0. The summed E-state index contributed by atoms with van der Waals surface area (Å²) in [5.41, 5.74) is 9.15. The van der Waals surface area contributed by atoms with Crippen LogP contribution in [-0.2, 0) is 0 Å². The normalized spacial score (nSPS) is 10.6. The Hall–Kier alpha value is -2.34. The standard InChI is InChI=1S/C21H20/c1-15-9-11-19(13-17(15)3)20-12-10-16(2)21(14-20)18-7-5-4-6-8-18/h4-14H,1-3H3. The Kier molecular flexibility index (Phi) is 3.62. The molecule has 104 valence electrons. The van der Waals surface area contributed by atoms with E-state index in [1.807, 2.05) is 0 Å². The lowest BCUT2D eigenvalue weighted by molar-refractivity contribution is 1.34. The average Bonchev–Trinajstić information content (AvgIpc) is 2.51. The minimum Gasteiger partial charge on any atom is -0.0622 e. The van der Waals surface area contributed by atoms with Gasteiger partial charge in [0.2, 0.25) is 0 Å². The lowest BCUT2D eigenvalue weighted by Gasteiger charge is -2.11. The molecule has 3 rings (SSSR count). The quantitative estimate of drug-likeness (QED) is 0.541. The Morgan fingerprint density at radius 2 is 1.10 bits per heavy atom. The lowest BCUT2D eigenvalue weighted by atomic mass is 9.94. The minimum absolute atomic E-state index is 1.28. The van der Waals surface area contributed by atoms with Crippen LogP contribution in [-0.4, -0.2) is 0 Å². The second-order valence-electron chi connectivity index (χ2n) is 5.69. The molecule has 0 aliphatic heterocycles. The van der Waals surface area contributed by atoms with Crippen LogP contribution in [0, 0.1) is 20.8 Å². The van der Waals surface area contributed by atoms with Crippen molar-refractivity contribution in [3.05, 3.63) is 83.4 Å². The van der Waals surface area contributed by atoms with Crippen LogP contribution in [0.5, 0.6) is 0 Å². The number of hydrogen-bond acceptors (Lipinski definition) is 0. The number of hydrogen-bond donors (Lipinski definition) is 0. The van der Waals surface area contributed by atoms with Crippen molar-refractivity contribution in [3.8, 4) is 22.3 Å². The van der Waals surface area contributed by atoms with Crippen LogP contribution >= 0.6 is 0 Å². The molecular formula is C21H20. The highest BCUT2D eigenvalue weighted by atomic mass is 14.1. The van der Waals surface area contributed by atoms with E-state index in [1.54, 1.807) is 0 Å². The third kappa shape index (κ3) is 2.75. The maximum atomic E-state index is 2.30. The van der Waals surface area contributed by atoms with Crippen LogP contribution in [0.2, 0.25) is 0 Å². The third-order valence-corrected chi connectivity index (χ3v) is 4.16. The van der Waals surface area contributed by atoms with Crippen molar-refractivity contribution < 1.29 is 0 Å². The zero-order valence-electron chi connectivity index (χ0n) is 12.9. The summed E-state index contributed by atoms with van der Waals surface area (Å²) in [7, 11) is 0. The molecule has 0 fully saturated rings. The molecule has 0 unspecified atom stereocenters. The van der Waals surface area contributed by atoms with Crippen LogP contribution in [0.3, 0.4) is 0 Å². The van der Waals surface area contributed by atoms with Gasteiger partial charge in [0.1, 0.15) is 0 Å². The van der Waals surface area contributed by atoms with Gasteiger partial charge in [0.25, 0.3) is 0 Å². The molecule has 0 saturated carbocycles. The van der Waals surface area contributed by atoms with Gasteiger partial charge in [-0.05, 0) is 65.8 Å². The monoisotopic (exact) mass is 272 g/mol. The van der Waals surface area contributed by atoms with Gasteiger partial charge in [-0.25, -0.2) is 0 Å². The molecule has 0 N–H and O–H groups in total. The van der Waals surface area contributed by atoms with E-state index >= 15 is 0 Å². The second kappa shape index (κ2) is 5.57. The Balaban J connectivity index is 2.11. The van der Waals surface area contributed by atoms with Gasteiger partial charge in [0.15, 0.2) is 0 Å². The highest BCUT2D eigenvalue weighted by Gasteiger charge is 2.05. The molecule has 0 heteroatoms. The van der Waals surface area contributed by atoms with E-state index in [0.717, 1.165) is 0 Å². The first-order valence-corrected chi connectivity index (χ1v) is 7.39. The van der Waals surface area contributed by atoms with Gasteiger partial charge >= 0.3 is 0 Å². The highest BCUT2D eigenvalue weighted by molar-refractivity contribution is 5.75. The van der Waals surface area contributed by atoms with Gasteiger partial charge in [-0.15, -0.1) is 0 Å². The fourth-order valence-electron chi connectivity index (χ4n) is 2.65. The van der Waals surface area contributed by atoms with Gasteiger partial charge in [-0.1, -0.05) is 60.7 Å². The Morgan fingerprint density at radius 1 is 0.476 bits per heavy atom. The first kappa shape index (κ1) is 13.6. The summed E-state index contributed by atoms with van der Waals surface area (Å²) < 4.78 is 0.